The largest absolute Gasteiger partial charge is 0.378 e. The number of aliphatic hydroxyl groups is 1. The maximum Gasteiger partial charge on any atom is 0.257 e. The SMILES string of the molecule is O=C1Nc2cc(Sc3cccc(Cl)c3)c(Cl)cc2C1O. The summed E-state index contributed by atoms with van der Waals surface area (Å²) in [6.07, 6.45) is -1.15. The summed E-state index contributed by atoms with van der Waals surface area (Å²) in [4.78, 5) is 13.2. The molecule has 3 rings (SSSR count). The topological polar surface area (TPSA) is 49.3 Å². The number of carbonyl (C=O) groups is 1. The number of benzene rings is 2. The Labute approximate surface area is 129 Å². The fourth-order valence-electron chi connectivity index (χ4n) is 1.98. The molecule has 1 aliphatic rings. The number of aliphatic hydroxyl groups excluding tert-OH is 1. The Balaban J connectivity index is 1.96. The van der Waals surface area contributed by atoms with E-state index in [0.29, 0.717) is 21.3 Å². The van der Waals surface area contributed by atoms with Gasteiger partial charge in [-0.3, -0.25) is 4.79 Å². The van der Waals surface area contributed by atoms with Crippen molar-refractivity contribution >= 4 is 46.6 Å². The van der Waals surface area contributed by atoms with E-state index in [1.165, 1.54) is 11.8 Å². The quantitative estimate of drug-likeness (QED) is 0.872. The molecule has 1 unspecified atom stereocenters. The third-order valence-corrected chi connectivity index (χ3v) is 4.64. The maximum absolute atomic E-state index is 11.4. The summed E-state index contributed by atoms with van der Waals surface area (Å²) >= 11 is 13.6. The average Bonchev–Trinajstić information content (AvgIpc) is 2.66. The van der Waals surface area contributed by atoms with Crippen LogP contribution in [0.1, 0.15) is 11.7 Å². The van der Waals surface area contributed by atoms with Crippen molar-refractivity contribution in [2.45, 2.75) is 15.9 Å². The zero-order valence-corrected chi connectivity index (χ0v) is 12.4. The van der Waals surface area contributed by atoms with Crippen LogP contribution < -0.4 is 5.32 Å². The van der Waals surface area contributed by atoms with Gasteiger partial charge in [0.25, 0.3) is 5.91 Å². The van der Waals surface area contributed by atoms with Crippen LogP contribution in [-0.2, 0) is 4.79 Å². The first kappa shape index (κ1) is 13.8. The van der Waals surface area contributed by atoms with E-state index in [2.05, 4.69) is 5.32 Å². The van der Waals surface area contributed by atoms with E-state index in [1.54, 1.807) is 18.2 Å². The van der Waals surface area contributed by atoms with E-state index in [0.717, 1.165) is 9.79 Å². The van der Waals surface area contributed by atoms with Crippen LogP contribution >= 0.6 is 35.0 Å². The van der Waals surface area contributed by atoms with E-state index >= 15 is 0 Å². The molecule has 3 nitrogen and oxygen atoms in total. The lowest BCUT2D eigenvalue weighted by molar-refractivity contribution is -0.123. The van der Waals surface area contributed by atoms with Crippen LogP contribution in [0.25, 0.3) is 0 Å². The number of amides is 1. The summed E-state index contributed by atoms with van der Waals surface area (Å²) in [5.74, 6) is -0.430. The Hall–Kier alpha value is -1.20. The number of carbonyl (C=O) groups excluding carboxylic acids is 1. The summed E-state index contributed by atoms with van der Waals surface area (Å²) in [6, 6.07) is 10.8. The molecule has 6 heteroatoms. The van der Waals surface area contributed by atoms with Gasteiger partial charge in [-0.2, -0.15) is 0 Å². The first-order valence-corrected chi connectivity index (χ1v) is 7.37. The molecule has 2 N–H and O–H groups in total. The molecule has 2 aromatic carbocycles. The molecule has 102 valence electrons. The lowest BCUT2D eigenvalue weighted by atomic mass is 10.1. The number of hydrogen-bond acceptors (Lipinski definition) is 3. The Kier molecular flexibility index (Phi) is 3.65. The van der Waals surface area contributed by atoms with Crippen molar-refractivity contribution < 1.29 is 9.90 Å². The highest BCUT2D eigenvalue weighted by atomic mass is 35.5. The molecule has 0 fully saturated rings. The van der Waals surface area contributed by atoms with Crippen LogP contribution in [0.4, 0.5) is 5.69 Å². The molecular weight excluding hydrogens is 317 g/mol. The van der Waals surface area contributed by atoms with Crippen molar-refractivity contribution in [2.75, 3.05) is 5.32 Å². The molecule has 0 spiro atoms. The van der Waals surface area contributed by atoms with Gasteiger partial charge in [-0.05, 0) is 30.3 Å². The van der Waals surface area contributed by atoms with Crippen LogP contribution in [0.2, 0.25) is 10.0 Å². The van der Waals surface area contributed by atoms with Gasteiger partial charge in [0.05, 0.1) is 5.02 Å². The molecule has 1 atom stereocenters. The van der Waals surface area contributed by atoms with Gasteiger partial charge in [0.2, 0.25) is 0 Å². The van der Waals surface area contributed by atoms with Crippen molar-refractivity contribution in [1.82, 2.24) is 0 Å². The highest BCUT2D eigenvalue weighted by Crippen LogP contribution is 2.41. The van der Waals surface area contributed by atoms with E-state index in [4.69, 9.17) is 23.2 Å². The second-order valence-electron chi connectivity index (χ2n) is 4.32. The zero-order chi connectivity index (χ0) is 14.3. The molecule has 0 saturated carbocycles. The lowest BCUT2D eigenvalue weighted by Gasteiger charge is -2.08. The minimum Gasteiger partial charge on any atom is -0.378 e. The maximum atomic E-state index is 11.4. The summed E-state index contributed by atoms with van der Waals surface area (Å²) in [6.45, 7) is 0. The monoisotopic (exact) mass is 325 g/mol. The van der Waals surface area contributed by atoms with Gasteiger partial charge in [-0.1, -0.05) is 41.0 Å². The molecule has 0 aromatic heterocycles. The molecule has 0 saturated heterocycles. The second-order valence-corrected chi connectivity index (χ2v) is 6.28. The molecule has 1 aliphatic heterocycles. The standard InChI is InChI=1S/C14H9Cl2NO2S/c15-7-2-1-3-8(4-7)20-12-6-11-9(5-10(12)16)13(18)14(19)17-11/h1-6,13,18H,(H,17,19). The molecule has 20 heavy (non-hydrogen) atoms. The predicted octanol–water partition coefficient (Wildman–Crippen LogP) is 4.13. The van der Waals surface area contributed by atoms with Gasteiger partial charge in [0, 0.05) is 26.1 Å². The Morgan fingerprint density at radius 1 is 1.20 bits per heavy atom. The number of halogens is 2. The smallest absolute Gasteiger partial charge is 0.257 e. The molecule has 0 aliphatic carbocycles. The summed E-state index contributed by atoms with van der Waals surface area (Å²) in [5.41, 5.74) is 1.10. The molecule has 0 radical (unpaired) electrons. The van der Waals surface area contributed by atoms with Crippen LogP contribution in [0.5, 0.6) is 0 Å². The highest BCUT2D eigenvalue weighted by molar-refractivity contribution is 7.99. The van der Waals surface area contributed by atoms with Gasteiger partial charge in [-0.25, -0.2) is 0 Å². The first-order valence-electron chi connectivity index (χ1n) is 5.80. The van der Waals surface area contributed by atoms with Crippen molar-refractivity contribution in [2.24, 2.45) is 0 Å². The van der Waals surface area contributed by atoms with E-state index in [1.807, 2.05) is 18.2 Å². The zero-order valence-electron chi connectivity index (χ0n) is 10.1. The number of nitrogens with one attached hydrogen (secondary N) is 1. The molecule has 1 heterocycles. The first-order chi connectivity index (χ1) is 9.54. The number of hydrogen-bond donors (Lipinski definition) is 2. The van der Waals surface area contributed by atoms with Gasteiger partial charge < -0.3 is 10.4 Å². The molecule has 0 bridgehead atoms. The average molecular weight is 326 g/mol. The van der Waals surface area contributed by atoms with Crippen LogP contribution in [0, 0.1) is 0 Å². The minimum atomic E-state index is -1.15. The number of fused-ring (bicyclic) bond motifs is 1. The van der Waals surface area contributed by atoms with Gasteiger partial charge in [0.15, 0.2) is 6.10 Å². The molecule has 1 amide bonds. The molecular formula is C14H9Cl2NO2S. The normalized spacial score (nSPS) is 16.9. The van der Waals surface area contributed by atoms with Crippen molar-refractivity contribution in [1.29, 1.82) is 0 Å². The summed E-state index contributed by atoms with van der Waals surface area (Å²) in [7, 11) is 0. The van der Waals surface area contributed by atoms with Crippen molar-refractivity contribution in [3.05, 3.63) is 52.0 Å². The Bertz CT molecular complexity index is 706. The predicted molar refractivity (Wildman–Crippen MR) is 80.6 cm³/mol. The molecule has 2 aromatic rings. The van der Waals surface area contributed by atoms with E-state index in [-0.39, 0.29) is 0 Å². The van der Waals surface area contributed by atoms with Crippen LogP contribution in [0.15, 0.2) is 46.2 Å². The van der Waals surface area contributed by atoms with E-state index < -0.39 is 12.0 Å². The highest BCUT2D eigenvalue weighted by Gasteiger charge is 2.29. The number of rotatable bonds is 2. The second kappa shape index (κ2) is 5.30. The van der Waals surface area contributed by atoms with Crippen molar-refractivity contribution in [3.63, 3.8) is 0 Å². The third-order valence-electron chi connectivity index (χ3n) is 2.93. The lowest BCUT2D eigenvalue weighted by Crippen LogP contribution is -2.10. The summed E-state index contributed by atoms with van der Waals surface area (Å²) in [5, 5.41) is 13.5. The van der Waals surface area contributed by atoms with Gasteiger partial charge in [-0.15, -0.1) is 0 Å². The van der Waals surface area contributed by atoms with Gasteiger partial charge >= 0.3 is 0 Å². The fourth-order valence-corrected chi connectivity index (χ4v) is 3.44. The summed E-state index contributed by atoms with van der Waals surface area (Å²) < 4.78 is 0. The Morgan fingerprint density at radius 3 is 2.75 bits per heavy atom. The third kappa shape index (κ3) is 2.52. The van der Waals surface area contributed by atoms with Crippen molar-refractivity contribution in [3.8, 4) is 0 Å². The Morgan fingerprint density at radius 2 is 2.00 bits per heavy atom. The minimum absolute atomic E-state index is 0.430. The van der Waals surface area contributed by atoms with Crippen LogP contribution in [-0.4, -0.2) is 11.0 Å². The van der Waals surface area contributed by atoms with E-state index in [9.17, 15) is 9.90 Å². The fraction of sp³-hybridized carbons (Fsp3) is 0.0714. The van der Waals surface area contributed by atoms with Crippen LogP contribution in [0.3, 0.4) is 0 Å². The van der Waals surface area contributed by atoms with Gasteiger partial charge in [0.1, 0.15) is 0 Å². The number of anilines is 1.